The SMILES string of the molecule is CC(NS(=O)(=O)c1cccs1)C(=O)NNC(=O)c1cccc([N+](=O)[O-])c1. The number of benzene rings is 1. The predicted octanol–water partition coefficient (Wildman–Crippen LogP) is 0.784. The van der Waals surface area contributed by atoms with Crippen molar-refractivity contribution in [2.24, 2.45) is 0 Å². The number of sulfonamides is 1. The number of nitro groups is 1. The minimum atomic E-state index is -3.85. The maximum Gasteiger partial charge on any atom is 0.270 e. The van der Waals surface area contributed by atoms with Crippen LogP contribution in [0.25, 0.3) is 0 Å². The van der Waals surface area contributed by atoms with Crippen molar-refractivity contribution in [3.05, 3.63) is 57.5 Å². The van der Waals surface area contributed by atoms with Crippen molar-refractivity contribution < 1.29 is 22.9 Å². The molecule has 0 aliphatic carbocycles. The summed E-state index contributed by atoms with van der Waals surface area (Å²) < 4.78 is 26.3. The molecule has 1 atom stereocenters. The number of carbonyl (C=O) groups excluding carboxylic acids is 2. The molecule has 138 valence electrons. The van der Waals surface area contributed by atoms with E-state index in [1.54, 1.807) is 11.4 Å². The molecular weight excluding hydrogens is 384 g/mol. The Bertz CT molecular complexity index is 927. The van der Waals surface area contributed by atoms with Crippen LogP contribution in [0.5, 0.6) is 0 Å². The van der Waals surface area contributed by atoms with Gasteiger partial charge in [-0.25, -0.2) is 8.42 Å². The Morgan fingerprint density at radius 1 is 1.19 bits per heavy atom. The lowest BCUT2D eigenvalue weighted by Gasteiger charge is -2.14. The number of carbonyl (C=O) groups is 2. The van der Waals surface area contributed by atoms with Gasteiger partial charge in [0, 0.05) is 17.7 Å². The summed E-state index contributed by atoms with van der Waals surface area (Å²) in [5.74, 6) is -1.58. The van der Waals surface area contributed by atoms with E-state index >= 15 is 0 Å². The lowest BCUT2D eigenvalue weighted by atomic mass is 10.2. The summed E-state index contributed by atoms with van der Waals surface area (Å²) >= 11 is 0.996. The molecule has 2 amide bonds. The van der Waals surface area contributed by atoms with E-state index in [2.05, 4.69) is 15.6 Å². The number of hydrazine groups is 1. The molecule has 0 saturated heterocycles. The van der Waals surface area contributed by atoms with Gasteiger partial charge in [0.15, 0.2) is 0 Å². The van der Waals surface area contributed by atoms with Crippen molar-refractivity contribution in [3.8, 4) is 0 Å². The normalized spacial score (nSPS) is 12.2. The maximum atomic E-state index is 12.0. The summed E-state index contributed by atoms with van der Waals surface area (Å²) in [5, 5.41) is 12.3. The van der Waals surface area contributed by atoms with Gasteiger partial charge in [-0.05, 0) is 24.4 Å². The summed E-state index contributed by atoms with van der Waals surface area (Å²) in [5.41, 5.74) is 3.83. The quantitative estimate of drug-likeness (QED) is 0.484. The number of hydrogen-bond donors (Lipinski definition) is 3. The van der Waals surface area contributed by atoms with E-state index in [1.807, 2.05) is 0 Å². The zero-order valence-corrected chi connectivity index (χ0v) is 15.0. The first kappa shape index (κ1) is 19.5. The summed E-state index contributed by atoms with van der Waals surface area (Å²) in [6.07, 6.45) is 0. The highest BCUT2D eigenvalue weighted by Crippen LogP contribution is 2.15. The Kier molecular flexibility index (Phi) is 6.02. The Labute approximate surface area is 152 Å². The summed E-state index contributed by atoms with van der Waals surface area (Å²) in [7, 11) is -3.85. The smallest absolute Gasteiger partial charge is 0.270 e. The van der Waals surface area contributed by atoms with Crippen molar-refractivity contribution in [2.75, 3.05) is 0 Å². The Morgan fingerprint density at radius 2 is 1.92 bits per heavy atom. The largest absolute Gasteiger partial charge is 0.271 e. The van der Waals surface area contributed by atoms with E-state index in [0.717, 1.165) is 17.4 Å². The van der Waals surface area contributed by atoms with Crippen LogP contribution in [0, 0.1) is 10.1 Å². The standard InChI is InChI=1S/C14H14N4O6S2/c1-9(17-26(23,24)12-6-3-7-25-12)13(19)15-16-14(20)10-4-2-5-11(8-10)18(21)22/h2-9,17H,1H3,(H,15,19)(H,16,20). The van der Waals surface area contributed by atoms with Gasteiger partial charge in [0.25, 0.3) is 27.5 Å². The van der Waals surface area contributed by atoms with Crippen LogP contribution >= 0.6 is 11.3 Å². The summed E-state index contributed by atoms with van der Waals surface area (Å²) in [4.78, 5) is 33.9. The number of nitrogens with zero attached hydrogens (tertiary/aromatic N) is 1. The molecule has 12 heteroatoms. The lowest BCUT2D eigenvalue weighted by molar-refractivity contribution is -0.384. The minimum absolute atomic E-state index is 0.0358. The molecule has 0 aliphatic rings. The number of hydrogen-bond acceptors (Lipinski definition) is 7. The van der Waals surface area contributed by atoms with Gasteiger partial charge in [-0.3, -0.25) is 30.6 Å². The average molecular weight is 398 g/mol. The van der Waals surface area contributed by atoms with E-state index in [0.29, 0.717) is 0 Å². The van der Waals surface area contributed by atoms with Crippen LogP contribution in [-0.2, 0) is 14.8 Å². The van der Waals surface area contributed by atoms with Crippen LogP contribution in [0.4, 0.5) is 5.69 Å². The van der Waals surface area contributed by atoms with Crippen LogP contribution in [0.3, 0.4) is 0 Å². The van der Waals surface area contributed by atoms with Crippen molar-refractivity contribution in [1.29, 1.82) is 0 Å². The number of amides is 2. The van der Waals surface area contributed by atoms with Crippen LogP contribution in [0.2, 0.25) is 0 Å². The topological polar surface area (TPSA) is 148 Å². The molecule has 1 unspecified atom stereocenters. The molecule has 0 aliphatic heterocycles. The number of rotatable bonds is 6. The third-order valence-corrected chi connectivity index (χ3v) is 6.04. The van der Waals surface area contributed by atoms with Gasteiger partial charge in [0.1, 0.15) is 4.21 Å². The molecule has 1 aromatic heterocycles. The predicted molar refractivity (Wildman–Crippen MR) is 92.8 cm³/mol. The van der Waals surface area contributed by atoms with Crippen LogP contribution in [0.1, 0.15) is 17.3 Å². The number of nitrogens with one attached hydrogen (secondary N) is 3. The third-order valence-electron chi connectivity index (χ3n) is 3.10. The molecule has 1 aromatic carbocycles. The van der Waals surface area contributed by atoms with E-state index < -0.39 is 32.8 Å². The van der Waals surface area contributed by atoms with Crippen molar-refractivity contribution in [2.45, 2.75) is 17.2 Å². The van der Waals surface area contributed by atoms with Crippen molar-refractivity contribution >= 4 is 38.9 Å². The Hall–Kier alpha value is -2.83. The van der Waals surface area contributed by atoms with Crippen molar-refractivity contribution in [1.82, 2.24) is 15.6 Å². The van der Waals surface area contributed by atoms with Crippen LogP contribution in [-0.4, -0.2) is 31.2 Å². The Morgan fingerprint density at radius 3 is 2.54 bits per heavy atom. The van der Waals surface area contributed by atoms with E-state index in [9.17, 15) is 28.1 Å². The zero-order chi connectivity index (χ0) is 19.3. The molecule has 1 heterocycles. The number of thiophene rings is 1. The second kappa shape index (κ2) is 8.03. The first-order valence-corrected chi connectivity index (χ1v) is 9.47. The number of non-ortho nitro benzene ring substituents is 1. The molecular formula is C14H14N4O6S2. The number of nitro benzene ring substituents is 1. The maximum absolute atomic E-state index is 12.0. The molecule has 26 heavy (non-hydrogen) atoms. The van der Waals surface area contributed by atoms with Gasteiger partial charge in [0.05, 0.1) is 11.0 Å². The lowest BCUT2D eigenvalue weighted by Crippen LogP contribution is -2.50. The molecule has 0 fully saturated rings. The van der Waals surface area contributed by atoms with Gasteiger partial charge < -0.3 is 0 Å². The molecule has 0 bridgehead atoms. The van der Waals surface area contributed by atoms with Gasteiger partial charge in [-0.15, -0.1) is 11.3 Å². The van der Waals surface area contributed by atoms with Crippen LogP contribution < -0.4 is 15.6 Å². The van der Waals surface area contributed by atoms with Gasteiger partial charge >= 0.3 is 0 Å². The Balaban J connectivity index is 1.94. The molecule has 0 spiro atoms. The van der Waals surface area contributed by atoms with Gasteiger partial charge in [0.2, 0.25) is 0 Å². The van der Waals surface area contributed by atoms with Crippen molar-refractivity contribution in [3.63, 3.8) is 0 Å². The monoisotopic (exact) mass is 398 g/mol. The van der Waals surface area contributed by atoms with E-state index in [-0.39, 0.29) is 15.5 Å². The average Bonchev–Trinajstić information content (AvgIpc) is 3.14. The second-order valence-electron chi connectivity index (χ2n) is 5.03. The first-order chi connectivity index (χ1) is 12.2. The highest BCUT2D eigenvalue weighted by molar-refractivity contribution is 7.91. The fraction of sp³-hybridized carbons (Fsp3) is 0.143. The first-order valence-electron chi connectivity index (χ1n) is 7.11. The highest BCUT2D eigenvalue weighted by atomic mass is 32.2. The van der Waals surface area contributed by atoms with E-state index in [1.165, 1.54) is 31.2 Å². The van der Waals surface area contributed by atoms with Gasteiger partial charge in [-0.1, -0.05) is 12.1 Å². The van der Waals surface area contributed by atoms with Gasteiger partial charge in [-0.2, -0.15) is 4.72 Å². The molecule has 2 aromatic rings. The van der Waals surface area contributed by atoms with E-state index in [4.69, 9.17) is 0 Å². The minimum Gasteiger partial charge on any atom is -0.271 e. The zero-order valence-electron chi connectivity index (χ0n) is 13.3. The molecule has 0 saturated carbocycles. The fourth-order valence-corrected chi connectivity index (χ4v) is 4.03. The molecule has 0 radical (unpaired) electrons. The summed E-state index contributed by atoms with van der Waals surface area (Å²) in [6.45, 7) is 1.31. The molecule has 2 rings (SSSR count). The van der Waals surface area contributed by atoms with Crippen LogP contribution in [0.15, 0.2) is 46.0 Å². The second-order valence-corrected chi connectivity index (χ2v) is 7.91. The summed E-state index contributed by atoms with van der Waals surface area (Å²) in [6, 6.07) is 6.71. The third kappa shape index (κ3) is 4.84. The molecule has 3 N–H and O–H groups in total. The molecule has 10 nitrogen and oxygen atoms in total. The highest BCUT2D eigenvalue weighted by Gasteiger charge is 2.23. The fourth-order valence-electron chi connectivity index (χ4n) is 1.82.